The zero-order valence-corrected chi connectivity index (χ0v) is 19.5. The van der Waals surface area contributed by atoms with Crippen LogP contribution in [0.25, 0.3) is 5.57 Å². The van der Waals surface area contributed by atoms with Crippen LogP contribution in [0.5, 0.6) is 0 Å². The number of hydrogen-bond acceptors (Lipinski definition) is 2. The third kappa shape index (κ3) is 6.20. The molecule has 1 aromatic carbocycles. The molecule has 0 saturated heterocycles. The molecule has 0 heterocycles. The zero-order valence-electron chi connectivity index (χ0n) is 13.3. The predicted molar refractivity (Wildman–Crippen MR) is 87.2 cm³/mol. The minimum atomic E-state index is -0.943. The van der Waals surface area contributed by atoms with Crippen LogP contribution in [-0.4, -0.2) is 58.3 Å². The molecular formula is C17H24BaO3. The van der Waals surface area contributed by atoms with Crippen molar-refractivity contribution in [3.63, 3.8) is 0 Å². The van der Waals surface area contributed by atoms with Crippen molar-refractivity contribution in [1.82, 2.24) is 0 Å². The Morgan fingerprint density at radius 1 is 1.29 bits per heavy atom. The van der Waals surface area contributed by atoms with E-state index in [1.54, 1.807) is 0 Å². The average Bonchev–Trinajstić information content (AvgIpc) is 2.51. The van der Waals surface area contributed by atoms with Crippen molar-refractivity contribution in [2.75, 3.05) is 0 Å². The maximum atomic E-state index is 11.5. The van der Waals surface area contributed by atoms with E-state index in [0.717, 1.165) is 30.4 Å². The van der Waals surface area contributed by atoms with Gasteiger partial charge >= 0.3 is 162 Å². The van der Waals surface area contributed by atoms with Crippen molar-refractivity contribution in [2.45, 2.75) is 46.0 Å². The fourth-order valence-electron chi connectivity index (χ4n) is 2.55. The van der Waals surface area contributed by atoms with Crippen LogP contribution >= 0.6 is 0 Å². The SMILES string of the molecule is CCCCC(CC)CC(=C([O][BaH])C(=O)O)c1ccccc1. The van der Waals surface area contributed by atoms with E-state index >= 15 is 0 Å². The van der Waals surface area contributed by atoms with Gasteiger partial charge in [-0.1, -0.05) is 0 Å². The molecule has 1 aromatic rings. The second kappa shape index (κ2) is 10.5. The van der Waals surface area contributed by atoms with Gasteiger partial charge in [0, 0.05) is 0 Å². The summed E-state index contributed by atoms with van der Waals surface area (Å²) in [6.07, 6.45) is 5.36. The average molecular weight is 414 g/mol. The minimum absolute atomic E-state index is 0.165. The number of aliphatic carboxylic acids is 1. The van der Waals surface area contributed by atoms with Crippen molar-refractivity contribution >= 4 is 58.7 Å². The first kappa shape index (κ1) is 18.8. The Bertz CT molecular complexity index is 468. The fraction of sp³-hybridized carbons (Fsp3) is 0.471. The Hall–Kier alpha value is -0.199. The van der Waals surface area contributed by atoms with E-state index in [2.05, 4.69) is 13.8 Å². The Kier molecular flexibility index (Phi) is 9.44. The van der Waals surface area contributed by atoms with Crippen LogP contribution in [0.3, 0.4) is 0 Å². The van der Waals surface area contributed by atoms with Crippen LogP contribution in [0.1, 0.15) is 51.5 Å². The molecule has 112 valence electrons. The van der Waals surface area contributed by atoms with E-state index in [9.17, 15) is 9.90 Å². The van der Waals surface area contributed by atoms with E-state index < -0.39 is 5.97 Å². The number of unbranched alkanes of at least 4 members (excludes halogenated alkanes) is 1. The van der Waals surface area contributed by atoms with E-state index in [1.807, 2.05) is 30.3 Å². The van der Waals surface area contributed by atoms with Gasteiger partial charge in [0.2, 0.25) is 0 Å². The van der Waals surface area contributed by atoms with Gasteiger partial charge in [-0.25, -0.2) is 0 Å². The third-order valence-electron chi connectivity index (χ3n) is 3.83. The van der Waals surface area contributed by atoms with E-state index in [1.165, 1.54) is 12.8 Å². The molecule has 3 nitrogen and oxygen atoms in total. The monoisotopic (exact) mass is 414 g/mol. The van der Waals surface area contributed by atoms with Gasteiger partial charge in [-0.05, 0) is 0 Å². The summed E-state index contributed by atoms with van der Waals surface area (Å²) in [6, 6.07) is 9.79. The summed E-state index contributed by atoms with van der Waals surface area (Å²) >= 11 is -0.241. The second-order valence-electron chi connectivity index (χ2n) is 5.30. The van der Waals surface area contributed by atoms with Gasteiger partial charge in [0.05, 0.1) is 0 Å². The number of rotatable bonds is 9. The summed E-state index contributed by atoms with van der Waals surface area (Å²) in [5, 5.41) is 9.42. The molecule has 21 heavy (non-hydrogen) atoms. The quantitative estimate of drug-likeness (QED) is 0.379. The molecule has 0 bridgehead atoms. The Balaban J connectivity index is 3.11. The van der Waals surface area contributed by atoms with Gasteiger partial charge in [0.25, 0.3) is 0 Å². The molecule has 0 aliphatic heterocycles. The number of carboxylic acid groups (broad SMARTS) is 1. The first-order valence-corrected chi connectivity index (χ1v) is 10.3. The molecule has 1 atom stereocenters. The molecule has 0 aliphatic rings. The van der Waals surface area contributed by atoms with E-state index in [-0.39, 0.29) is 53.0 Å². The zero-order chi connectivity index (χ0) is 15.7. The molecule has 4 heteroatoms. The Labute approximate surface area is 160 Å². The van der Waals surface area contributed by atoms with Crippen LogP contribution in [0.2, 0.25) is 0 Å². The van der Waals surface area contributed by atoms with Crippen LogP contribution in [0.4, 0.5) is 0 Å². The Morgan fingerprint density at radius 3 is 2.43 bits per heavy atom. The molecular weight excluding hydrogens is 390 g/mol. The summed E-state index contributed by atoms with van der Waals surface area (Å²) in [5.41, 5.74) is 1.83. The first-order valence-electron chi connectivity index (χ1n) is 7.69. The number of carbonyl (C=O) groups is 1. The molecule has 0 fully saturated rings. The molecule has 0 saturated carbocycles. The summed E-state index contributed by atoms with van der Waals surface area (Å²) in [6.45, 7) is 4.36. The van der Waals surface area contributed by atoms with Crippen LogP contribution < -0.4 is 0 Å². The topological polar surface area (TPSA) is 46.5 Å². The van der Waals surface area contributed by atoms with Crippen molar-refractivity contribution in [1.29, 1.82) is 0 Å². The Morgan fingerprint density at radius 2 is 1.95 bits per heavy atom. The predicted octanol–water partition coefficient (Wildman–Crippen LogP) is 3.92. The molecule has 0 spiro atoms. The van der Waals surface area contributed by atoms with E-state index in [0.29, 0.717) is 5.92 Å². The van der Waals surface area contributed by atoms with Crippen molar-refractivity contribution < 1.29 is 9.96 Å². The summed E-state index contributed by atoms with van der Waals surface area (Å²) in [4.78, 5) is 11.5. The van der Waals surface area contributed by atoms with Gasteiger partial charge in [-0.3, -0.25) is 0 Å². The van der Waals surface area contributed by atoms with Gasteiger partial charge < -0.3 is 0 Å². The van der Waals surface area contributed by atoms with E-state index in [4.69, 9.17) is 0.0568 Å². The molecule has 0 aromatic heterocycles. The van der Waals surface area contributed by atoms with Crippen LogP contribution in [-0.2, 0) is 4.85 Å². The summed E-state index contributed by atoms with van der Waals surface area (Å²) in [7, 11) is 0. The fourth-order valence-corrected chi connectivity index (χ4v) is 3.87. The van der Waals surface area contributed by atoms with Crippen molar-refractivity contribution in [3.8, 4) is 0 Å². The second-order valence-corrected chi connectivity index (χ2v) is 6.59. The third-order valence-corrected chi connectivity index (χ3v) is 5.11. The molecule has 1 unspecified atom stereocenters. The van der Waals surface area contributed by atoms with Crippen molar-refractivity contribution in [3.05, 3.63) is 41.7 Å². The molecule has 0 aliphatic carbocycles. The molecule has 1 rings (SSSR count). The van der Waals surface area contributed by atoms with Gasteiger partial charge in [-0.15, -0.1) is 0 Å². The van der Waals surface area contributed by atoms with Gasteiger partial charge in [0.15, 0.2) is 0 Å². The first-order chi connectivity index (χ1) is 10.1. The number of allylic oxidation sites excluding steroid dienone is 1. The number of hydrogen-bond donors (Lipinski definition) is 1. The molecule has 0 amide bonds. The number of benzene rings is 1. The number of carboxylic acids is 1. The van der Waals surface area contributed by atoms with Gasteiger partial charge in [0.1, 0.15) is 0 Å². The molecule has 1 N–H and O–H groups in total. The standard InChI is InChI=1S/C17H24O3.Ba.H/c1-3-5-9-13(4-2)12-15(16(18)17(19)20)14-10-7-6-8-11-14;;/h6-8,10-11,13,18H,3-5,9,12H2,1-2H3,(H,19,20);;/q;+1;/p-1. The normalized spacial score (nSPS) is 13.4. The van der Waals surface area contributed by atoms with Crippen molar-refractivity contribution in [2.24, 2.45) is 5.92 Å². The van der Waals surface area contributed by atoms with Crippen LogP contribution in [0.15, 0.2) is 36.1 Å². The summed E-state index contributed by atoms with van der Waals surface area (Å²) < 4.78 is 5.38. The summed E-state index contributed by atoms with van der Waals surface area (Å²) in [5.74, 6) is -0.263. The molecule has 0 radical (unpaired) electrons. The van der Waals surface area contributed by atoms with Crippen LogP contribution in [0, 0.1) is 5.92 Å². The maximum absolute atomic E-state index is 11.5. The van der Waals surface area contributed by atoms with Gasteiger partial charge in [-0.2, -0.15) is 0 Å².